The zero-order valence-electron chi connectivity index (χ0n) is 45.7. The van der Waals surface area contributed by atoms with E-state index in [0.29, 0.717) is 25.7 Å². The molecule has 0 saturated heterocycles. The van der Waals surface area contributed by atoms with Crippen LogP contribution in [0.2, 0.25) is 0 Å². The lowest BCUT2D eigenvalue weighted by Gasteiger charge is -2.18. The number of esters is 3. The second kappa shape index (κ2) is 58.1. The minimum Gasteiger partial charge on any atom is -0.462 e. The van der Waals surface area contributed by atoms with Crippen molar-refractivity contribution < 1.29 is 28.6 Å². The van der Waals surface area contributed by atoms with Gasteiger partial charge in [0.25, 0.3) is 0 Å². The van der Waals surface area contributed by atoms with Gasteiger partial charge in [-0.1, -0.05) is 219 Å². The molecule has 1 atom stereocenters. The summed E-state index contributed by atoms with van der Waals surface area (Å²) in [7, 11) is 0. The predicted octanol–water partition coefficient (Wildman–Crippen LogP) is 19.4. The van der Waals surface area contributed by atoms with Gasteiger partial charge in [-0.05, 0) is 135 Å². The molecular formula is C65H104O6. The van der Waals surface area contributed by atoms with E-state index in [4.69, 9.17) is 14.2 Å². The van der Waals surface area contributed by atoms with E-state index < -0.39 is 6.10 Å². The van der Waals surface area contributed by atoms with E-state index in [1.54, 1.807) is 0 Å². The maximum atomic E-state index is 12.8. The Hall–Kier alpha value is -4.45. The molecule has 0 saturated carbocycles. The molecule has 0 bridgehead atoms. The first kappa shape index (κ1) is 66.6. The van der Waals surface area contributed by atoms with Crippen molar-refractivity contribution in [1.82, 2.24) is 0 Å². The summed E-state index contributed by atoms with van der Waals surface area (Å²) >= 11 is 0. The average Bonchev–Trinajstić information content (AvgIpc) is 3.37. The van der Waals surface area contributed by atoms with Crippen molar-refractivity contribution in [3.8, 4) is 0 Å². The Bertz CT molecular complexity index is 1550. The molecule has 0 aromatic heterocycles. The highest BCUT2D eigenvalue weighted by atomic mass is 16.6. The van der Waals surface area contributed by atoms with Crippen molar-refractivity contribution in [2.45, 2.75) is 245 Å². The Morgan fingerprint density at radius 1 is 0.296 bits per heavy atom. The van der Waals surface area contributed by atoms with Gasteiger partial charge in [0, 0.05) is 19.3 Å². The van der Waals surface area contributed by atoms with Crippen molar-refractivity contribution >= 4 is 17.9 Å². The number of rotatable bonds is 50. The van der Waals surface area contributed by atoms with Crippen LogP contribution in [0, 0.1) is 0 Å². The second-order valence-corrected chi connectivity index (χ2v) is 18.5. The Kier molecular flexibility index (Phi) is 54.5. The largest absolute Gasteiger partial charge is 0.462 e. The molecule has 0 heterocycles. The third kappa shape index (κ3) is 56.3. The van der Waals surface area contributed by atoms with Crippen LogP contribution in [0.3, 0.4) is 0 Å². The molecule has 400 valence electrons. The number of hydrogen-bond donors (Lipinski definition) is 0. The summed E-state index contributed by atoms with van der Waals surface area (Å²) in [5.74, 6) is -0.980. The van der Waals surface area contributed by atoms with Crippen LogP contribution in [0.5, 0.6) is 0 Å². The SMILES string of the molecule is CC/C=C\C/C=C\C/C=C\C/C=C\C/C=C\C/C=C\C/C=C\C/C=C\CCCCC(=O)OCC(COC(=O)CCCCCCC/C=C\CCCCCC)OC(=O)CCCCCCC/C=C\C/C=C\CCC. The van der Waals surface area contributed by atoms with Crippen LogP contribution in [0.4, 0.5) is 0 Å². The van der Waals surface area contributed by atoms with Crippen LogP contribution in [-0.2, 0) is 28.6 Å². The van der Waals surface area contributed by atoms with Crippen molar-refractivity contribution in [1.29, 1.82) is 0 Å². The molecule has 1 unspecified atom stereocenters. The van der Waals surface area contributed by atoms with Gasteiger partial charge in [-0.3, -0.25) is 14.4 Å². The van der Waals surface area contributed by atoms with E-state index >= 15 is 0 Å². The number of carbonyl (C=O) groups excluding carboxylic acids is 3. The summed E-state index contributed by atoms with van der Waals surface area (Å²) < 4.78 is 16.8. The molecule has 0 aromatic carbocycles. The third-order valence-corrected chi connectivity index (χ3v) is 11.6. The van der Waals surface area contributed by atoms with E-state index in [9.17, 15) is 14.4 Å². The highest BCUT2D eigenvalue weighted by Gasteiger charge is 2.19. The number of hydrogen-bond acceptors (Lipinski definition) is 6. The van der Waals surface area contributed by atoms with Crippen LogP contribution in [-0.4, -0.2) is 37.2 Å². The number of ether oxygens (including phenoxy) is 3. The molecule has 0 aliphatic heterocycles. The van der Waals surface area contributed by atoms with Gasteiger partial charge in [0.1, 0.15) is 13.2 Å². The van der Waals surface area contributed by atoms with Crippen molar-refractivity contribution in [2.24, 2.45) is 0 Å². The molecule has 0 aliphatic rings. The summed E-state index contributed by atoms with van der Waals surface area (Å²) in [6, 6.07) is 0. The summed E-state index contributed by atoms with van der Waals surface area (Å²) in [5, 5.41) is 0. The molecular weight excluding hydrogens is 877 g/mol. The van der Waals surface area contributed by atoms with Crippen molar-refractivity contribution in [3.05, 3.63) is 134 Å². The van der Waals surface area contributed by atoms with Gasteiger partial charge >= 0.3 is 17.9 Å². The van der Waals surface area contributed by atoms with Crippen LogP contribution < -0.4 is 0 Å². The summed E-state index contributed by atoms with van der Waals surface area (Å²) in [4.78, 5) is 38.1. The summed E-state index contributed by atoms with van der Waals surface area (Å²) in [6.07, 6.45) is 81.6. The van der Waals surface area contributed by atoms with Gasteiger partial charge in [0.05, 0.1) is 0 Å². The molecule has 0 spiro atoms. The van der Waals surface area contributed by atoms with Gasteiger partial charge in [-0.2, -0.15) is 0 Å². The first-order chi connectivity index (χ1) is 35.0. The number of allylic oxidation sites excluding steroid dienone is 22. The Labute approximate surface area is 436 Å². The van der Waals surface area contributed by atoms with Gasteiger partial charge in [0.15, 0.2) is 6.10 Å². The summed E-state index contributed by atoms with van der Waals surface area (Å²) in [6.45, 7) is 6.37. The summed E-state index contributed by atoms with van der Waals surface area (Å²) in [5.41, 5.74) is 0. The van der Waals surface area contributed by atoms with Gasteiger partial charge in [0.2, 0.25) is 0 Å². The molecule has 6 heteroatoms. The average molecular weight is 982 g/mol. The molecule has 71 heavy (non-hydrogen) atoms. The lowest BCUT2D eigenvalue weighted by molar-refractivity contribution is -0.167. The topological polar surface area (TPSA) is 78.9 Å². The van der Waals surface area contributed by atoms with E-state index in [-0.39, 0.29) is 31.1 Å². The van der Waals surface area contributed by atoms with E-state index in [2.05, 4.69) is 154 Å². The molecule has 6 nitrogen and oxygen atoms in total. The number of carbonyl (C=O) groups is 3. The molecule has 0 amide bonds. The standard InChI is InChI=1S/C65H104O6/c1-4-7-10-13-16-19-22-25-26-27-28-29-30-31-32-33-34-35-36-37-38-41-43-46-49-52-55-58-64(67)70-61-62(71-65(68)59-56-53-50-47-44-40-24-21-18-15-12-9-6-3)60-69-63(66)57-54-51-48-45-42-39-23-20-17-14-11-8-5-2/h7,10,12,15-16,19-21,23-26,28-29,31-32,34-35,37-38,43,46,62H,4-6,8-9,11,13-14,17-18,22,27,30,33,36,39-42,44-45,47-61H2,1-3H3/b10-7-,15-12-,19-16-,23-20-,24-21-,26-25-,29-28-,32-31-,35-34-,38-37-,46-43-. The number of unbranched alkanes of at least 4 members (excludes halogenated alkanes) is 17. The smallest absolute Gasteiger partial charge is 0.306 e. The van der Waals surface area contributed by atoms with Crippen molar-refractivity contribution in [3.63, 3.8) is 0 Å². The fraction of sp³-hybridized carbons (Fsp3) is 0.615. The molecule has 0 fully saturated rings. The normalized spacial score (nSPS) is 13.1. The fourth-order valence-electron chi connectivity index (χ4n) is 7.31. The Morgan fingerprint density at radius 3 is 0.958 bits per heavy atom. The van der Waals surface area contributed by atoms with E-state index in [1.807, 2.05) is 0 Å². The maximum Gasteiger partial charge on any atom is 0.306 e. The van der Waals surface area contributed by atoms with Crippen molar-refractivity contribution in [2.75, 3.05) is 13.2 Å². The van der Waals surface area contributed by atoms with Crippen LogP contribution >= 0.6 is 0 Å². The van der Waals surface area contributed by atoms with E-state index in [0.717, 1.165) is 148 Å². The molecule has 0 rings (SSSR count). The monoisotopic (exact) mass is 981 g/mol. The highest BCUT2D eigenvalue weighted by Crippen LogP contribution is 2.13. The zero-order chi connectivity index (χ0) is 51.4. The van der Waals surface area contributed by atoms with Gasteiger partial charge in [-0.15, -0.1) is 0 Å². The lowest BCUT2D eigenvalue weighted by atomic mass is 10.1. The minimum absolute atomic E-state index is 0.106. The van der Waals surface area contributed by atoms with Gasteiger partial charge in [-0.25, -0.2) is 0 Å². The van der Waals surface area contributed by atoms with Crippen LogP contribution in [0.15, 0.2) is 134 Å². The molecule has 0 aromatic rings. The quantitative estimate of drug-likeness (QED) is 0.0262. The second-order valence-electron chi connectivity index (χ2n) is 18.5. The van der Waals surface area contributed by atoms with Gasteiger partial charge < -0.3 is 14.2 Å². The molecule has 0 N–H and O–H groups in total. The zero-order valence-corrected chi connectivity index (χ0v) is 45.7. The Morgan fingerprint density at radius 2 is 0.577 bits per heavy atom. The van der Waals surface area contributed by atoms with Crippen LogP contribution in [0.25, 0.3) is 0 Å². The predicted molar refractivity (Wildman–Crippen MR) is 306 cm³/mol. The van der Waals surface area contributed by atoms with Crippen LogP contribution in [0.1, 0.15) is 239 Å². The first-order valence-corrected chi connectivity index (χ1v) is 28.7. The fourth-order valence-corrected chi connectivity index (χ4v) is 7.31. The Balaban J connectivity index is 4.43. The maximum absolute atomic E-state index is 12.8. The molecule has 0 radical (unpaired) electrons. The third-order valence-electron chi connectivity index (χ3n) is 11.6. The lowest BCUT2D eigenvalue weighted by Crippen LogP contribution is -2.30. The highest BCUT2D eigenvalue weighted by molar-refractivity contribution is 5.71. The van der Waals surface area contributed by atoms with E-state index in [1.165, 1.54) is 44.9 Å². The first-order valence-electron chi connectivity index (χ1n) is 28.7. The molecule has 0 aliphatic carbocycles. The minimum atomic E-state index is -0.811.